The van der Waals surface area contributed by atoms with Crippen LogP contribution in [0.1, 0.15) is 58.8 Å². The Labute approximate surface area is 115 Å². The third-order valence-corrected chi connectivity index (χ3v) is 4.73. The lowest BCUT2D eigenvalue weighted by Crippen LogP contribution is -2.41. The molecule has 3 atom stereocenters. The SMILES string of the molecule is CCCC(CCC)C(=O)N1C2CCC1C(C(=O)O)C2. The minimum absolute atomic E-state index is 0.0359. The molecule has 1 amide bonds. The van der Waals surface area contributed by atoms with Crippen molar-refractivity contribution < 1.29 is 14.7 Å². The van der Waals surface area contributed by atoms with Gasteiger partial charge in [-0.2, -0.15) is 0 Å². The molecule has 4 nitrogen and oxygen atoms in total. The maximum Gasteiger partial charge on any atom is 0.308 e. The number of aliphatic carboxylic acids is 1. The van der Waals surface area contributed by atoms with Crippen LogP contribution in [0.5, 0.6) is 0 Å². The molecule has 2 fully saturated rings. The molecule has 2 bridgehead atoms. The van der Waals surface area contributed by atoms with Crippen molar-refractivity contribution in [3.05, 3.63) is 0 Å². The number of nitrogens with zero attached hydrogens (tertiary/aromatic N) is 1. The Balaban J connectivity index is 2.09. The van der Waals surface area contributed by atoms with Gasteiger partial charge in [0.05, 0.1) is 5.92 Å². The van der Waals surface area contributed by atoms with Crippen molar-refractivity contribution in [2.24, 2.45) is 11.8 Å². The monoisotopic (exact) mass is 267 g/mol. The van der Waals surface area contributed by atoms with Crippen molar-refractivity contribution in [3.63, 3.8) is 0 Å². The number of fused-ring (bicyclic) bond motifs is 2. The average molecular weight is 267 g/mol. The predicted octanol–water partition coefficient (Wildman–Crippen LogP) is 2.67. The molecule has 0 radical (unpaired) electrons. The molecule has 1 N–H and O–H groups in total. The third-order valence-electron chi connectivity index (χ3n) is 4.73. The standard InChI is InChI=1S/C15H25NO3/c1-3-5-10(6-4-2)14(17)16-11-7-8-13(16)12(9-11)15(18)19/h10-13H,3-9H2,1-2H3,(H,18,19). The van der Waals surface area contributed by atoms with Crippen LogP contribution in [0.25, 0.3) is 0 Å². The van der Waals surface area contributed by atoms with Gasteiger partial charge in [0, 0.05) is 18.0 Å². The zero-order valence-corrected chi connectivity index (χ0v) is 12.0. The molecule has 2 saturated heterocycles. The summed E-state index contributed by atoms with van der Waals surface area (Å²) in [6, 6.07) is 0.154. The number of carbonyl (C=O) groups is 2. The minimum Gasteiger partial charge on any atom is -0.481 e. The van der Waals surface area contributed by atoms with Gasteiger partial charge in [-0.25, -0.2) is 0 Å². The molecule has 0 aliphatic carbocycles. The van der Waals surface area contributed by atoms with E-state index in [1.54, 1.807) is 0 Å². The lowest BCUT2D eigenvalue weighted by molar-refractivity contribution is -0.143. The van der Waals surface area contributed by atoms with Crippen molar-refractivity contribution in [2.45, 2.75) is 70.9 Å². The van der Waals surface area contributed by atoms with Crippen LogP contribution in [-0.4, -0.2) is 34.0 Å². The van der Waals surface area contributed by atoms with Crippen LogP contribution >= 0.6 is 0 Å². The van der Waals surface area contributed by atoms with Crippen molar-refractivity contribution in [2.75, 3.05) is 0 Å². The smallest absolute Gasteiger partial charge is 0.308 e. The maximum atomic E-state index is 12.7. The van der Waals surface area contributed by atoms with Crippen LogP contribution in [-0.2, 0) is 9.59 Å². The summed E-state index contributed by atoms with van der Waals surface area (Å²) in [6.45, 7) is 4.21. The van der Waals surface area contributed by atoms with Gasteiger partial charge in [0.15, 0.2) is 0 Å². The number of hydrogen-bond donors (Lipinski definition) is 1. The molecule has 0 spiro atoms. The summed E-state index contributed by atoms with van der Waals surface area (Å²) in [7, 11) is 0. The largest absolute Gasteiger partial charge is 0.481 e. The van der Waals surface area contributed by atoms with E-state index in [1.807, 2.05) is 4.90 Å². The minimum atomic E-state index is -0.729. The first-order valence-electron chi connectivity index (χ1n) is 7.65. The lowest BCUT2D eigenvalue weighted by atomic mass is 9.89. The molecule has 0 saturated carbocycles. The number of amides is 1. The highest BCUT2D eigenvalue weighted by molar-refractivity contribution is 5.82. The highest BCUT2D eigenvalue weighted by Crippen LogP contribution is 2.43. The van der Waals surface area contributed by atoms with E-state index in [-0.39, 0.29) is 29.8 Å². The van der Waals surface area contributed by atoms with E-state index < -0.39 is 5.97 Å². The van der Waals surface area contributed by atoms with Gasteiger partial charge in [-0.15, -0.1) is 0 Å². The first-order valence-corrected chi connectivity index (χ1v) is 7.65. The van der Waals surface area contributed by atoms with Gasteiger partial charge in [-0.05, 0) is 32.1 Å². The Hall–Kier alpha value is -1.06. The van der Waals surface area contributed by atoms with E-state index in [0.29, 0.717) is 6.42 Å². The first kappa shape index (κ1) is 14.4. The highest BCUT2D eigenvalue weighted by atomic mass is 16.4. The molecule has 0 aromatic carbocycles. The van der Waals surface area contributed by atoms with Gasteiger partial charge in [0.2, 0.25) is 5.91 Å². The van der Waals surface area contributed by atoms with Crippen LogP contribution in [0.15, 0.2) is 0 Å². The molecular formula is C15H25NO3. The summed E-state index contributed by atoms with van der Waals surface area (Å²) < 4.78 is 0. The first-order chi connectivity index (χ1) is 9.10. The second-order valence-electron chi connectivity index (χ2n) is 6.00. The van der Waals surface area contributed by atoms with Crippen molar-refractivity contribution >= 4 is 11.9 Å². The average Bonchev–Trinajstić information content (AvgIpc) is 2.95. The second kappa shape index (κ2) is 5.93. The summed E-state index contributed by atoms with van der Waals surface area (Å²) in [5.74, 6) is -0.732. The zero-order valence-electron chi connectivity index (χ0n) is 12.0. The Morgan fingerprint density at radius 1 is 1.21 bits per heavy atom. The van der Waals surface area contributed by atoms with E-state index in [1.165, 1.54) is 0 Å². The fraction of sp³-hybridized carbons (Fsp3) is 0.867. The van der Waals surface area contributed by atoms with Crippen molar-refractivity contribution in [1.82, 2.24) is 4.90 Å². The van der Waals surface area contributed by atoms with Gasteiger partial charge in [-0.1, -0.05) is 26.7 Å². The van der Waals surface area contributed by atoms with Crippen LogP contribution < -0.4 is 0 Å². The van der Waals surface area contributed by atoms with E-state index >= 15 is 0 Å². The van der Waals surface area contributed by atoms with Gasteiger partial charge in [0.25, 0.3) is 0 Å². The lowest BCUT2D eigenvalue weighted by Gasteiger charge is -2.28. The van der Waals surface area contributed by atoms with Crippen molar-refractivity contribution in [1.29, 1.82) is 0 Å². The Morgan fingerprint density at radius 2 is 1.84 bits per heavy atom. The Bertz CT molecular complexity index is 349. The molecule has 2 heterocycles. The van der Waals surface area contributed by atoms with E-state index in [0.717, 1.165) is 38.5 Å². The quantitative estimate of drug-likeness (QED) is 0.805. The van der Waals surface area contributed by atoms with Crippen molar-refractivity contribution in [3.8, 4) is 0 Å². The summed E-state index contributed by atoms with van der Waals surface area (Å²) >= 11 is 0. The molecule has 0 aromatic rings. The van der Waals surface area contributed by atoms with E-state index in [4.69, 9.17) is 0 Å². The van der Waals surface area contributed by atoms with Crippen LogP contribution in [0.3, 0.4) is 0 Å². The number of carbonyl (C=O) groups excluding carboxylic acids is 1. The zero-order chi connectivity index (χ0) is 14.0. The Kier molecular flexibility index (Phi) is 4.48. The normalized spacial score (nSPS) is 29.2. The molecule has 3 unspecified atom stereocenters. The molecule has 2 rings (SSSR count). The van der Waals surface area contributed by atoms with Gasteiger partial charge >= 0.3 is 5.97 Å². The fourth-order valence-electron chi connectivity index (χ4n) is 3.90. The summed E-state index contributed by atoms with van der Waals surface area (Å²) in [4.78, 5) is 25.9. The molecule has 2 aliphatic heterocycles. The van der Waals surface area contributed by atoms with Crippen LogP contribution in [0, 0.1) is 11.8 Å². The summed E-state index contributed by atoms with van der Waals surface area (Å²) in [5.41, 5.74) is 0. The molecule has 0 aromatic heterocycles. The van der Waals surface area contributed by atoms with Gasteiger partial charge in [0.1, 0.15) is 0 Å². The molecular weight excluding hydrogens is 242 g/mol. The number of rotatable bonds is 6. The van der Waals surface area contributed by atoms with Crippen LogP contribution in [0.4, 0.5) is 0 Å². The Morgan fingerprint density at radius 3 is 2.32 bits per heavy atom. The van der Waals surface area contributed by atoms with E-state index in [9.17, 15) is 14.7 Å². The molecule has 108 valence electrons. The maximum absolute atomic E-state index is 12.7. The highest BCUT2D eigenvalue weighted by Gasteiger charge is 2.51. The number of carboxylic acids is 1. The summed E-state index contributed by atoms with van der Waals surface area (Å²) in [5, 5.41) is 9.24. The predicted molar refractivity (Wildman–Crippen MR) is 72.7 cm³/mol. The molecule has 4 heteroatoms. The number of hydrogen-bond acceptors (Lipinski definition) is 2. The van der Waals surface area contributed by atoms with Gasteiger partial charge in [-0.3, -0.25) is 9.59 Å². The molecule has 19 heavy (non-hydrogen) atoms. The molecule has 2 aliphatic rings. The van der Waals surface area contributed by atoms with Gasteiger partial charge < -0.3 is 10.0 Å². The fourth-order valence-corrected chi connectivity index (χ4v) is 3.90. The topological polar surface area (TPSA) is 57.6 Å². The third kappa shape index (κ3) is 2.63. The van der Waals surface area contributed by atoms with Crippen LogP contribution in [0.2, 0.25) is 0 Å². The number of carboxylic acid groups (broad SMARTS) is 1. The second-order valence-corrected chi connectivity index (χ2v) is 6.00. The summed E-state index contributed by atoms with van der Waals surface area (Å²) in [6.07, 6.45) is 6.42. The van der Waals surface area contributed by atoms with E-state index in [2.05, 4.69) is 13.8 Å².